The minimum atomic E-state index is -0.799. The number of likely N-dealkylation sites (N-methyl/N-ethyl adjacent to an activating group) is 1. The van der Waals surface area contributed by atoms with Crippen LogP contribution >= 0.6 is 22.9 Å². The summed E-state index contributed by atoms with van der Waals surface area (Å²) in [5.41, 5.74) is 0. The molecule has 3 rings (SSSR count). The molecule has 2 atom stereocenters. The van der Waals surface area contributed by atoms with Crippen LogP contribution < -0.4 is 0 Å². The van der Waals surface area contributed by atoms with Crippen LogP contribution in [0.3, 0.4) is 0 Å². The Bertz CT molecular complexity index is 672. The Kier molecular flexibility index (Phi) is 4.17. The van der Waals surface area contributed by atoms with E-state index < -0.39 is 11.9 Å². The van der Waals surface area contributed by atoms with Crippen molar-refractivity contribution in [3.8, 4) is 0 Å². The van der Waals surface area contributed by atoms with Crippen molar-refractivity contribution in [1.29, 1.82) is 0 Å². The van der Waals surface area contributed by atoms with Crippen molar-refractivity contribution in [3.05, 3.63) is 34.2 Å². The lowest BCUT2D eigenvalue weighted by atomic mass is 10.0. The van der Waals surface area contributed by atoms with Crippen LogP contribution in [0.15, 0.2) is 24.3 Å². The van der Waals surface area contributed by atoms with Crippen molar-refractivity contribution in [3.63, 3.8) is 0 Å². The van der Waals surface area contributed by atoms with Crippen LogP contribution in [0.5, 0.6) is 0 Å². The molecule has 2 heterocycles. The zero-order valence-electron chi connectivity index (χ0n) is 11.6. The molecule has 2 unspecified atom stereocenters. The topological polar surface area (TPSA) is 49.8 Å². The molecule has 1 aromatic carbocycles. The minimum Gasteiger partial charge on any atom is -0.481 e. The number of ether oxygens (including phenoxy) is 1. The Balaban J connectivity index is 1.81. The first-order chi connectivity index (χ1) is 10.1. The average Bonchev–Trinajstić information content (AvgIpc) is 3.05. The number of rotatable bonds is 4. The monoisotopic (exact) mass is 325 g/mol. The van der Waals surface area contributed by atoms with E-state index in [1.807, 2.05) is 36.2 Å². The largest absolute Gasteiger partial charge is 0.481 e. The van der Waals surface area contributed by atoms with Gasteiger partial charge in [-0.3, -0.25) is 9.69 Å². The molecule has 0 amide bonds. The molecule has 1 saturated heterocycles. The molecule has 0 spiro atoms. The number of carbonyl (C=O) groups is 1. The van der Waals surface area contributed by atoms with E-state index in [0.29, 0.717) is 13.2 Å². The van der Waals surface area contributed by atoms with Crippen LogP contribution in [0.2, 0.25) is 5.02 Å². The van der Waals surface area contributed by atoms with E-state index in [4.69, 9.17) is 16.3 Å². The third-order valence-electron chi connectivity index (χ3n) is 3.93. The lowest BCUT2D eigenvalue weighted by Crippen LogP contribution is -2.40. The maximum atomic E-state index is 11.2. The molecule has 0 radical (unpaired) electrons. The summed E-state index contributed by atoms with van der Waals surface area (Å²) in [6.07, 6.45) is 0. The molecule has 21 heavy (non-hydrogen) atoms. The Hall–Kier alpha value is -1.14. The lowest BCUT2D eigenvalue weighted by Gasteiger charge is -2.25. The molecule has 0 saturated carbocycles. The Labute approximate surface area is 131 Å². The van der Waals surface area contributed by atoms with Gasteiger partial charge in [0.1, 0.15) is 0 Å². The van der Waals surface area contributed by atoms with Crippen LogP contribution in [0, 0.1) is 5.92 Å². The van der Waals surface area contributed by atoms with Gasteiger partial charge >= 0.3 is 5.97 Å². The molecule has 1 aromatic heterocycles. The van der Waals surface area contributed by atoms with Gasteiger partial charge in [-0.25, -0.2) is 0 Å². The number of halogens is 1. The highest BCUT2D eigenvalue weighted by Gasteiger charge is 2.36. The first-order valence-electron chi connectivity index (χ1n) is 6.74. The van der Waals surface area contributed by atoms with Gasteiger partial charge in [0.05, 0.1) is 24.2 Å². The number of nitrogens with zero attached hydrogens (tertiary/aromatic N) is 1. The number of fused-ring (bicyclic) bond motifs is 1. The first-order valence-corrected chi connectivity index (χ1v) is 7.94. The minimum absolute atomic E-state index is 0.108. The molecule has 0 bridgehead atoms. The summed E-state index contributed by atoms with van der Waals surface area (Å²) < 4.78 is 6.48. The summed E-state index contributed by atoms with van der Waals surface area (Å²) in [5, 5.41) is 11.1. The second-order valence-electron chi connectivity index (χ2n) is 5.30. The van der Waals surface area contributed by atoms with E-state index in [1.165, 1.54) is 0 Å². The fraction of sp³-hybridized carbons (Fsp3) is 0.400. The van der Waals surface area contributed by atoms with Crippen molar-refractivity contribution < 1.29 is 14.6 Å². The molecule has 2 aromatic rings. The number of hydrogen-bond donors (Lipinski definition) is 1. The smallest absolute Gasteiger partial charge is 0.310 e. The van der Waals surface area contributed by atoms with Crippen molar-refractivity contribution in [2.75, 3.05) is 20.3 Å². The molecule has 0 aliphatic carbocycles. The fourth-order valence-corrected chi connectivity index (χ4v) is 4.28. The van der Waals surface area contributed by atoms with Gasteiger partial charge < -0.3 is 9.84 Å². The third kappa shape index (κ3) is 2.79. The molecule has 1 fully saturated rings. The highest BCUT2D eigenvalue weighted by Crippen LogP contribution is 2.36. The van der Waals surface area contributed by atoms with Crippen LogP contribution in [0.4, 0.5) is 0 Å². The molecule has 4 nitrogen and oxygen atoms in total. The normalized spacial score (nSPS) is 22.2. The number of benzene rings is 1. The number of thiophene rings is 1. The van der Waals surface area contributed by atoms with Crippen molar-refractivity contribution in [1.82, 2.24) is 4.90 Å². The summed E-state index contributed by atoms with van der Waals surface area (Å²) in [7, 11) is 1.93. The van der Waals surface area contributed by atoms with Gasteiger partial charge in [0.15, 0.2) is 0 Å². The predicted molar refractivity (Wildman–Crippen MR) is 84.0 cm³/mol. The van der Waals surface area contributed by atoms with Gasteiger partial charge in [-0.05, 0) is 13.1 Å². The van der Waals surface area contributed by atoms with E-state index in [-0.39, 0.29) is 12.6 Å². The van der Waals surface area contributed by atoms with E-state index in [0.717, 1.165) is 20.0 Å². The number of hydrogen-bond acceptors (Lipinski definition) is 4. The average molecular weight is 326 g/mol. The molecule has 1 N–H and O–H groups in total. The summed E-state index contributed by atoms with van der Waals surface area (Å²) in [4.78, 5) is 14.3. The van der Waals surface area contributed by atoms with E-state index >= 15 is 0 Å². The van der Waals surface area contributed by atoms with E-state index in [1.54, 1.807) is 11.3 Å². The second-order valence-corrected chi connectivity index (χ2v) is 6.81. The number of aliphatic carboxylic acids is 1. The van der Waals surface area contributed by atoms with Gasteiger partial charge in [0.25, 0.3) is 0 Å². The van der Waals surface area contributed by atoms with Gasteiger partial charge in [-0.2, -0.15) is 0 Å². The second kappa shape index (κ2) is 5.93. The Morgan fingerprint density at radius 1 is 1.48 bits per heavy atom. The highest BCUT2D eigenvalue weighted by atomic mass is 35.5. The lowest BCUT2D eigenvalue weighted by molar-refractivity contribution is -0.143. The Morgan fingerprint density at radius 3 is 2.95 bits per heavy atom. The van der Waals surface area contributed by atoms with Crippen molar-refractivity contribution in [2.45, 2.75) is 12.6 Å². The van der Waals surface area contributed by atoms with Crippen LogP contribution in [-0.2, 0) is 16.1 Å². The summed E-state index contributed by atoms with van der Waals surface area (Å²) in [6, 6.07) is 7.92. The third-order valence-corrected chi connectivity index (χ3v) is 5.63. The van der Waals surface area contributed by atoms with Gasteiger partial charge in [0, 0.05) is 27.5 Å². The van der Waals surface area contributed by atoms with Crippen molar-refractivity contribution in [2.24, 2.45) is 5.92 Å². The maximum Gasteiger partial charge on any atom is 0.310 e. The maximum absolute atomic E-state index is 11.2. The summed E-state index contributed by atoms with van der Waals surface area (Å²) in [6.45, 7) is 1.37. The first kappa shape index (κ1) is 14.8. The van der Waals surface area contributed by atoms with Crippen LogP contribution in [0.1, 0.15) is 4.88 Å². The highest BCUT2D eigenvalue weighted by molar-refractivity contribution is 7.19. The standard InChI is InChI=1S/C15H16ClNO3S/c1-17(11-8-20-7-10(11)15(18)19)6-13-14(16)9-4-2-3-5-12(9)21-13/h2-5,10-11H,6-8H2,1H3,(H,18,19). The quantitative estimate of drug-likeness (QED) is 0.938. The predicted octanol–water partition coefficient (Wildman–Crippen LogP) is 3.09. The molecular formula is C15H16ClNO3S. The summed E-state index contributed by atoms with van der Waals surface area (Å²) in [5.74, 6) is -1.27. The van der Waals surface area contributed by atoms with E-state index in [9.17, 15) is 9.90 Å². The van der Waals surface area contributed by atoms with E-state index in [2.05, 4.69) is 0 Å². The molecule has 1 aliphatic heterocycles. The van der Waals surface area contributed by atoms with Gasteiger partial charge in [0.2, 0.25) is 0 Å². The molecule has 112 valence electrons. The SMILES string of the molecule is CN(Cc1sc2ccccc2c1Cl)C1COCC1C(=O)O. The zero-order chi connectivity index (χ0) is 15.0. The van der Waals surface area contributed by atoms with Gasteiger partial charge in [-0.15, -0.1) is 11.3 Å². The number of carboxylic acids is 1. The molecule has 1 aliphatic rings. The summed E-state index contributed by atoms with van der Waals surface area (Å²) >= 11 is 8.10. The Morgan fingerprint density at radius 2 is 2.24 bits per heavy atom. The van der Waals surface area contributed by atoms with Gasteiger partial charge in [-0.1, -0.05) is 29.8 Å². The zero-order valence-corrected chi connectivity index (χ0v) is 13.2. The van der Waals surface area contributed by atoms with Crippen LogP contribution in [0.25, 0.3) is 10.1 Å². The molecule has 6 heteroatoms. The van der Waals surface area contributed by atoms with Crippen molar-refractivity contribution >= 4 is 39.0 Å². The molecular weight excluding hydrogens is 310 g/mol. The fourth-order valence-electron chi connectivity index (χ4n) is 2.72. The van der Waals surface area contributed by atoms with Crippen LogP contribution in [-0.4, -0.2) is 42.3 Å². The number of carboxylic acid groups (broad SMARTS) is 1.